The van der Waals surface area contributed by atoms with Crippen LogP contribution < -0.4 is 10.1 Å². The van der Waals surface area contributed by atoms with Crippen LogP contribution in [0.4, 0.5) is 0 Å². The molecule has 2 aliphatic rings. The van der Waals surface area contributed by atoms with Crippen LogP contribution in [0.5, 0.6) is 5.75 Å². The molecule has 2 atom stereocenters. The maximum absolute atomic E-state index is 6.55. The van der Waals surface area contributed by atoms with Gasteiger partial charge in [0, 0.05) is 17.9 Å². The van der Waals surface area contributed by atoms with Crippen LogP contribution in [-0.2, 0) is 0 Å². The van der Waals surface area contributed by atoms with Gasteiger partial charge in [0.2, 0.25) is 0 Å². The van der Waals surface area contributed by atoms with Crippen molar-refractivity contribution in [3.8, 4) is 5.75 Å². The number of benzene rings is 1. The molecule has 1 spiro atoms. The molecule has 2 nitrogen and oxygen atoms in total. The molecule has 0 saturated heterocycles. The van der Waals surface area contributed by atoms with E-state index in [1.807, 2.05) is 0 Å². The second kappa shape index (κ2) is 5.64. The van der Waals surface area contributed by atoms with Crippen molar-refractivity contribution < 1.29 is 4.74 Å². The van der Waals surface area contributed by atoms with Crippen LogP contribution in [0.2, 0.25) is 0 Å². The monoisotopic (exact) mass is 287 g/mol. The summed E-state index contributed by atoms with van der Waals surface area (Å²) in [5.74, 6) is 1.64. The topological polar surface area (TPSA) is 21.3 Å². The van der Waals surface area contributed by atoms with Gasteiger partial charge >= 0.3 is 0 Å². The molecular weight excluding hydrogens is 258 g/mol. The summed E-state index contributed by atoms with van der Waals surface area (Å²) in [6.07, 6.45) is 6.93. The molecule has 1 aromatic rings. The maximum Gasteiger partial charge on any atom is 0.123 e. The van der Waals surface area contributed by atoms with Gasteiger partial charge in [-0.25, -0.2) is 0 Å². The van der Waals surface area contributed by atoms with E-state index < -0.39 is 0 Å². The highest BCUT2D eigenvalue weighted by molar-refractivity contribution is 5.39. The summed E-state index contributed by atoms with van der Waals surface area (Å²) in [7, 11) is 2.10. The lowest BCUT2D eigenvalue weighted by Gasteiger charge is -2.53. The Morgan fingerprint density at radius 2 is 1.95 bits per heavy atom. The summed E-state index contributed by atoms with van der Waals surface area (Å²) in [5, 5.41) is 3.52. The van der Waals surface area contributed by atoms with Crippen LogP contribution in [0.15, 0.2) is 18.2 Å². The molecule has 2 fully saturated rings. The highest BCUT2D eigenvalue weighted by Crippen LogP contribution is 2.54. The number of hydrogen-bond acceptors (Lipinski definition) is 2. The molecule has 2 aliphatic carbocycles. The molecule has 21 heavy (non-hydrogen) atoms. The minimum atomic E-state index is 0.396. The number of hydrogen-bond donors (Lipinski definition) is 1. The standard InChI is InChI=1S/C19H29NO/c1-13(2)15-8-7-14(3)11-16(15)21-18-12-17(20-4)19(18)9-5-6-10-19/h7-8,11,13,17-18,20H,5-6,9-10,12H2,1-4H3. The van der Waals surface area contributed by atoms with Gasteiger partial charge in [-0.1, -0.05) is 38.8 Å². The smallest absolute Gasteiger partial charge is 0.123 e. The molecule has 0 heterocycles. The van der Waals surface area contributed by atoms with Gasteiger partial charge in [-0.2, -0.15) is 0 Å². The molecule has 0 aromatic heterocycles. The summed E-state index contributed by atoms with van der Waals surface area (Å²) < 4.78 is 6.55. The van der Waals surface area contributed by atoms with Crippen LogP contribution in [0.3, 0.4) is 0 Å². The van der Waals surface area contributed by atoms with Gasteiger partial charge in [-0.15, -0.1) is 0 Å². The van der Waals surface area contributed by atoms with E-state index in [0.717, 1.165) is 12.2 Å². The van der Waals surface area contributed by atoms with E-state index in [2.05, 4.69) is 51.3 Å². The number of ether oxygens (including phenoxy) is 1. The van der Waals surface area contributed by atoms with Crippen molar-refractivity contribution in [1.29, 1.82) is 0 Å². The lowest BCUT2D eigenvalue weighted by Crippen LogP contribution is -2.63. The van der Waals surface area contributed by atoms with Crippen LogP contribution in [0.25, 0.3) is 0 Å². The van der Waals surface area contributed by atoms with E-state index in [1.165, 1.54) is 36.8 Å². The van der Waals surface area contributed by atoms with Crippen molar-refractivity contribution in [2.24, 2.45) is 5.41 Å². The maximum atomic E-state index is 6.55. The molecule has 3 rings (SSSR count). The van der Waals surface area contributed by atoms with E-state index >= 15 is 0 Å². The van der Waals surface area contributed by atoms with E-state index in [-0.39, 0.29) is 0 Å². The molecule has 0 radical (unpaired) electrons. The van der Waals surface area contributed by atoms with Gasteiger partial charge in [0.15, 0.2) is 0 Å². The van der Waals surface area contributed by atoms with Gasteiger partial charge in [0.1, 0.15) is 11.9 Å². The summed E-state index contributed by atoms with van der Waals surface area (Å²) >= 11 is 0. The third-order valence-corrected chi connectivity index (χ3v) is 5.73. The van der Waals surface area contributed by atoms with E-state index in [4.69, 9.17) is 4.74 Å². The number of aryl methyl sites for hydroxylation is 1. The molecule has 1 aromatic carbocycles. The third kappa shape index (κ3) is 2.48. The van der Waals surface area contributed by atoms with Crippen molar-refractivity contribution in [1.82, 2.24) is 5.32 Å². The van der Waals surface area contributed by atoms with Crippen molar-refractivity contribution in [3.05, 3.63) is 29.3 Å². The molecule has 2 unspecified atom stereocenters. The Labute approximate surface area is 129 Å². The third-order valence-electron chi connectivity index (χ3n) is 5.73. The average molecular weight is 287 g/mol. The van der Waals surface area contributed by atoms with Gasteiger partial charge in [-0.05, 0) is 49.9 Å². The predicted octanol–water partition coefficient (Wildman–Crippen LogP) is 4.42. The SMILES string of the molecule is CNC1CC(Oc2cc(C)ccc2C(C)C)C12CCCC2. The second-order valence-corrected chi connectivity index (χ2v) is 7.32. The molecule has 0 amide bonds. The van der Waals surface area contributed by atoms with Gasteiger partial charge in [-0.3, -0.25) is 0 Å². The minimum absolute atomic E-state index is 0.396. The number of nitrogens with one attached hydrogen (secondary N) is 1. The van der Waals surface area contributed by atoms with E-state index in [1.54, 1.807) is 0 Å². The van der Waals surface area contributed by atoms with Crippen molar-refractivity contribution in [2.45, 2.75) is 70.9 Å². The Bertz CT molecular complexity index is 502. The first-order valence-electron chi connectivity index (χ1n) is 8.51. The molecule has 1 N–H and O–H groups in total. The van der Waals surface area contributed by atoms with Crippen LogP contribution in [0, 0.1) is 12.3 Å². The predicted molar refractivity (Wildman–Crippen MR) is 88.0 cm³/mol. The Balaban J connectivity index is 1.82. The second-order valence-electron chi connectivity index (χ2n) is 7.32. The van der Waals surface area contributed by atoms with Gasteiger partial charge < -0.3 is 10.1 Å². The lowest BCUT2D eigenvalue weighted by atomic mass is 9.60. The van der Waals surface area contributed by atoms with E-state index in [9.17, 15) is 0 Å². The first kappa shape index (κ1) is 14.9. The molecule has 0 bridgehead atoms. The first-order chi connectivity index (χ1) is 10.1. The van der Waals surface area contributed by atoms with Crippen LogP contribution >= 0.6 is 0 Å². The Morgan fingerprint density at radius 3 is 2.57 bits per heavy atom. The van der Waals surface area contributed by atoms with Crippen molar-refractivity contribution in [2.75, 3.05) is 7.05 Å². The fourth-order valence-electron chi connectivity index (χ4n) is 4.40. The fourth-order valence-corrected chi connectivity index (χ4v) is 4.40. The zero-order valence-electron chi connectivity index (χ0n) is 13.9. The molecular formula is C19H29NO. The lowest BCUT2D eigenvalue weighted by molar-refractivity contribution is -0.0741. The molecule has 2 heteroatoms. The molecule has 0 aliphatic heterocycles. The summed E-state index contributed by atoms with van der Waals surface area (Å²) in [6.45, 7) is 6.65. The summed E-state index contributed by atoms with van der Waals surface area (Å²) in [6, 6.07) is 7.32. The zero-order chi connectivity index (χ0) is 15.0. The zero-order valence-corrected chi connectivity index (χ0v) is 13.9. The Kier molecular flexibility index (Phi) is 4.00. The summed E-state index contributed by atoms with van der Waals surface area (Å²) in [5.41, 5.74) is 3.04. The minimum Gasteiger partial charge on any atom is -0.489 e. The number of rotatable bonds is 4. The molecule has 2 saturated carbocycles. The fraction of sp³-hybridized carbons (Fsp3) is 0.684. The van der Waals surface area contributed by atoms with E-state index in [0.29, 0.717) is 23.5 Å². The highest BCUT2D eigenvalue weighted by Gasteiger charge is 2.57. The quantitative estimate of drug-likeness (QED) is 0.885. The Morgan fingerprint density at radius 1 is 1.24 bits per heavy atom. The van der Waals surface area contributed by atoms with Crippen LogP contribution in [-0.4, -0.2) is 19.2 Å². The van der Waals surface area contributed by atoms with Crippen molar-refractivity contribution >= 4 is 0 Å². The first-order valence-corrected chi connectivity index (χ1v) is 8.51. The highest BCUT2D eigenvalue weighted by atomic mass is 16.5. The van der Waals surface area contributed by atoms with Crippen molar-refractivity contribution in [3.63, 3.8) is 0 Å². The molecule has 116 valence electrons. The summed E-state index contributed by atoms with van der Waals surface area (Å²) in [4.78, 5) is 0. The Hall–Kier alpha value is -1.02. The largest absolute Gasteiger partial charge is 0.489 e. The normalized spacial score (nSPS) is 27.1. The average Bonchev–Trinajstić information content (AvgIpc) is 2.95. The van der Waals surface area contributed by atoms with Gasteiger partial charge in [0.05, 0.1) is 0 Å². The van der Waals surface area contributed by atoms with Gasteiger partial charge in [0.25, 0.3) is 0 Å². The van der Waals surface area contributed by atoms with Crippen LogP contribution in [0.1, 0.15) is 63.0 Å².